The number of hydrogen-bond donors (Lipinski definition) is 2. The molecule has 0 radical (unpaired) electrons. The van der Waals surface area contributed by atoms with Gasteiger partial charge in [-0.2, -0.15) is 12.7 Å². The minimum atomic E-state index is -4.08. The van der Waals surface area contributed by atoms with Crippen LogP contribution in [0.4, 0.5) is 4.39 Å². The highest BCUT2D eigenvalue weighted by atomic mass is 32.2. The van der Waals surface area contributed by atoms with E-state index in [1.165, 1.54) is 7.05 Å². The number of benzene rings is 1. The lowest BCUT2D eigenvalue weighted by Crippen LogP contribution is -2.42. The summed E-state index contributed by atoms with van der Waals surface area (Å²) in [4.78, 5) is 23.2. The van der Waals surface area contributed by atoms with Gasteiger partial charge in [0.05, 0.1) is 17.7 Å². The van der Waals surface area contributed by atoms with Crippen LogP contribution < -0.4 is 9.46 Å². The topological polar surface area (TPSA) is 113 Å². The molecule has 0 unspecified atom stereocenters. The third kappa shape index (κ3) is 3.82. The molecule has 1 aromatic carbocycles. The number of hydrogen-bond acceptors (Lipinski definition) is 5. The average Bonchev–Trinajstić information content (AvgIpc) is 3.31. The highest BCUT2D eigenvalue weighted by molar-refractivity contribution is 7.87. The van der Waals surface area contributed by atoms with Crippen LogP contribution in [0.1, 0.15) is 40.5 Å². The molecule has 8 nitrogen and oxygen atoms in total. The lowest BCUT2D eigenvalue weighted by atomic mass is 10.1. The molecule has 0 aliphatic heterocycles. The standard InChI is InChI=1S/C14H17FN2O6S/c1-3-23-12-7-9(14(19)20)11(15)6-10(12)13(18)16-24(21,22)17(2)8-4-5-8/h6-8H,3-5H2,1-2H3,(H,16,18)(H,19,20). The number of ether oxygens (including phenoxy) is 1. The summed E-state index contributed by atoms with van der Waals surface area (Å²) in [7, 11) is -2.74. The Morgan fingerprint density at radius 2 is 2.00 bits per heavy atom. The van der Waals surface area contributed by atoms with Crippen molar-refractivity contribution < 1.29 is 32.2 Å². The number of carbonyl (C=O) groups excluding carboxylic acids is 1. The Hall–Kier alpha value is -2.20. The number of nitrogens with one attached hydrogen (secondary N) is 1. The maximum Gasteiger partial charge on any atom is 0.338 e. The Kier molecular flexibility index (Phi) is 5.09. The fraction of sp³-hybridized carbons (Fsp3) is 0.429. The normalized spacial score (nSPS) is 14.5. The van der Waals surface area contributed by atoms with E-state index in [0.29, 0.717) is 18.9 Å². The first-order chi connectivity index (χ1) is 11.2. The van der Waals surface area contributed by atoms with E-state index in [2.05, 4.69) is 0 Å². The highest BCUT2D eigenvalue weighted by Gasteiger charge is 2.35. The van der Waals surface area contributed by atoms with E-state index < -0.39 is 39.0 Å². The van der Waals surface area contributed by atoms with Crippen molar-refractivity contribution in [3.05, 3.63) is 29.1 Å². The van der Waals surface area contributed by atoms with Crippen molar-refractivity contribution in [2.75, 3.05) is 13.7 Å². The quantitative estimate of drug-likeness (QED) is 0.750. The van der Waals surface area contributed by atoms with Crippen molar-refractivity contribution >= 4 is 22.1 Å². The highest BCUT2D eigenvalue weighted by Crippen LogP contribution is 2.28. The van der Waals surface area contributed by atoms with E-state index in [9.17, 15) is 22.4 Å². The van der Waals surface area contributed by atoms with Crippen LogP contribution in [-0.4, -0.2) is 49.4 Å². The molecule has 0 atom stereocenters. The lowest BCUT2D eigenvalue weighted by molar-refractivity contribution is 0.0690. The molecule has 0 bridgehead atoms. The van der Waals surface area contributed by atoms with Gasteiger partial charge in [0.2, 0.25) is 0 Å². The van der Waals surface area contributed by atoms with Crippen molar-refractivity contribution in [3.8, 4) is 5.75 Å². The van der Waals surface area contributed by atoms with Crippen LogP contribution in [0, 0.1) is 5.82 Å². The first-order valence-electron chi connectivity index (χ1n) is 7.17. The van der Waals surface area contributed by atoms with Crippen LogP contribution in [0.2, 0.25) is 0 Å². The minimum Gasteiger partial charge on any atom is -0.493 e. The fourth-order valence-electron chi connectivity index (χ4n) is 2.05. The number of carboxylic acids is 1. The van der Waals surface area contributed by atoms with E-state index in [1.807, 2.05) is 4.72 Å². The molecule has 1 aliphatic rings. The molecule has 132 valence electrons. The minimum absolute atomic E-state index is 0.0830. The maximum absolute atomic E-state index is 13.8. The van der Waals surface area contributed by atoms with Gasteiger partial charge in [0.15, 0.2) is 0 Å². The smallest absolute Gasteiger partial charge is 0.338 e. The Bertz CT molecular complexity index is 776. The summed E-state index contributed by atoms with van der Waals surface area (Å²) >= 11 is 0. The van der Waals surface area contributed by atoms with Gasteiger partial charge >= 0.3 is 16.2 Å². The molecule has 2 rings (SSSR count). The molecule has 1 amide bonds. The molecular formula is C14H17FN2O6S. The Balaban J connectivity index is 2.34. The van der Waals surface area contributed by atoms with E-state index in [-0.39, 0.29) is 18.4 Å². The molecule has 24 heavy (non-hydrogen) atoms. The molecule has 1 fully saturated rings. The number of carboxylic acid groups (broad SMARTS) is 1. The van der Waals surface area contributed by atoms with Gasteiger partial charge < -0.3 is 9.84 Å². The maximum atomic E-state index is 13.8. The van der Waals surface area contributed by atoms with Crippen molar-refractivity contribution in [1.82, 2.24) is 9.03 Å². The van der Waals surface area contributed by atoms with Gasteiger partial charge in [-0.05, 0) is 31.9 Å². The molecule has 0 spiro atoms. The van der Waals surface area contributed by atoms with E-state index >= 15 is 0 Å². The Labute approximate surface area is 138 Å². The van der Waals surface area contributed by atoms with E-state index in [0.717, 1.165) is 10.4 Å². The largest absolute Gasteiger partial charge is 0.493 e. The zero-order valence-corrected chi connectivity index (χ0v) is 13.9. The van der Waals surface area contributed by atoms with Crippen LogP contribution >= 0.6 is 0 Å². The SMILES string of the molecule is CCOc1cc(C(=O)O)c(F)cc1C(=O)NS(=O)(=O)N(C)C1CC1. The van der Waals surface area contributed by atoms with Crippen LogP contribution in [-0.2, 0) is 10.2 Å². The zero-order valence-electron chi connectivity index (χ0n) is 13.1. The van der Waals surface area contributed by atoms with E-state index in [1.54, 1.807) is 6.92 Å². The summed E-state index contributed by atoms with van der Waals surface area (Å²) in [6.07, 6.45) is 1.41. The summed E-state index contributed by atoms with van der Waals surface area (Å²) in [5.41, 5.74) is -1.07. The molecule has 0 aromatic heterocycles. The molecule has 0 heterocycles. The van der Waals surface area contributed by atoms with Gasteiger partial charge in [0.1, 0.15) is 11.6 Å². The van der Waals surface area contributed by atoms with Crippen LogP contribution in [0.15, 0.2) is 12.1 Å². The number of aromatic carboxylic acids is 1. The third-order valence-corrected chi connectivity index (χ3v) is 5.01. The van der Waals surface area contributed by atoms with Crippen molar-refractivity contribution in [2.45, 2.75) is 25.8 Å². The van der Waals surface area contributed by atoms with Crippen LogP contribution in [0.5, 0.6) is 5.75 Å². The molecule has 10 heteroatoms. The number of amides is 1. The number of halogens is 1. The van der Waals surface area contributed by atoms with Crippen molar-refractivity contribution in [1.29, 1.82) is 0 Å². The Morgan fingerprint density at radius 1 is 1.38 bits per heavy atom. The monoisotopic (exact) mass is 360 g/mol. The zero-order chi connectivity index (χ0) is 18.1. The number of rotatable bonds is 7. The fourth-order valence-corrected chi connectivity index (χ4v) is 3.14. The molecule has 2 N–H and O–H groups in total. The van der Waals surface area contributed by atoms with Gasteiger partial charge in [-0.15, -0.1) is 0 Å². The van der Waals surface area contributed by atoms with Gasteiger partial charge in [-0.3, -0.25) is 4.79 Å². The second kappa shape index (κ2) is 6.73. The average molecular weight is 360 g/mol. The second-order valence-electron chi connectivity index (χ2n) is 5.25. The number of nitrogens with zero attached hydrogens (tertiary/aromatic N) is 1. The summed E-state index contributed by atoms with van der Waals surface area (Å²) < 4.78 is 46.0. The first-order valence-corrected chi connectivity index (χ1v) is 8.61. The molecular weight excluding hydrogens is 343 g/mol. The molecule has 1 saturated carbocycles. The second-order valence-corrected chi connectivity index (χ2v) is 6.98. The number of carbonyl (C=O) groups is 2. The first kappa shape index (κ1) is 18.1. The lowest BCUT2D eigenvalue weighted by Gasteiger charge is -2.18. The van der Waals surface area contributed by atoms with Crippen molar-refractivity contribution in [2.24, 2.45) is 0 Å². The van der Waals surface area contributed by atoms with Gasteiger partial charge in [0.25, 0.3) is 5.91 Å². The molecule has 1 aromatic rings. The van der Waals surface area contributed by atoms with Crippen molar-refractivity contribution in [3.63, 3.8) is 0 Å². The molecule has 1 aliphatic carbocycles. The van der Waals surface area contributed by atoms with Gasteiger partial charge in [-0.25, -0.2) is 13.9 Å². The summed E-state index contributed by atoms with van der Waals surface area (Å²) in [5.74, 6) is -3.99. The summed E-state index contributed by atoms with van der Waals surface area (Å²) in [5, 5.41) is 8.92. The van der Waals surface area contributed by atoms with E-state index in [4.69, 9.17) is 9.84 Å². The Morgan fingerprint density at radius 3 is 2.50 bits per heavy atom. The van der Waals surface area contributed by atoms with Crippen LogP contribution in [0.25, 0.3) is 0 Å². The van der Waals surface area contributed by atoms with Crippen LogP contribution in [0.3, 0.4) is 0 Å². The predicted octanol–water partition coefficient (Wildman–Crippen LogP) is 0.991. The molecule has 0 saturated heterocycles. The van der Waals surface area contributed by atoms with Gasteiger partial charge in [-0.1, -0.05) is 0 Å². The third-order valence-electron chi connectivity index (χ3n) is 3.51. The summed E-state index contributed by atoms with van der Waals surface area (Å²) in [6.45, 7) is 1.67. The van der Waals surface area contributed by atoms with Gasteiger partial charge in [0, 0.05) is 13.1 Å². The predicted molar refractivity (Wildman–Crippen MR) is 81.7 cm³/mol. The summed E-state index contributed by atoms with van der Waals surface area (Å²) in [6, 6.07) is 1.34.